The van der Waals surface area contributed by atoms with Gasteiger partial charge >= 0.3 is 5.97 Å². The Morgan fingerprint density at radius 3 is 2.93 bits per heavy atom. The molecule has 0 radical (unpaired) electrons. The van der Waals surface area contributed by atoms with Gasteiger partial charge in [-0.2, -0.15) is 0 Å². The van der Waals surface area contributed by atoms with Crippen molar-refractivity contribution in [1.82, 2.24) is 4.98 Å². The minimum atomic E-state index is -0.341. The zero-order valence-electron chi connectivity index (χ0n) is 8.56. The number of pyridine rings is 1. The molecule has 1 aromatic heterocycles. The molecule has 3 nitrogen and oxygen atoms in total. The van der Waals surface area contributed by atoms with Crippen LogP contribution in [0.2, 0.25) is 0 Å². The number of nitrogens with zero attached hydrogens (tertiary/aromatic N) is 1. The van der Waals surface area contributed by atoms with E-state index in [1.807, 2.05) is 6.92 Å². The van der Waals surface area contributed by atoms with E-state index in [1.165, 1.54) is 0 Å². The van der Waals surface area contributed by atoms with Crippen molar-refractivity contribution < 1.29 is 9.53 Å². The number of esters is 1. The van der Waals surface area contributed by atoms with E-state index >= 15 is 0 Å². The summed E-state index contributed by atoms with van der Waals surface area (Å²) in [5.74, 6) is -0.341. The molecule has 0 bridgehead atoms. The number of hydrogen-bond acceptors (Lipinski definition) is 3. The van der Waals surface area contributed by atoms with Crippen molar-refractivity contribution in [2.75, 3.05) is 0 Å². The maximum Gasteiger partial charge on any atom is 0.357 e. The van der Waals surface area contributed by atoms with E-state index in [4.69, 9.17) is 4.74 Å². The van der Waals surface area contributed by atoms with Gasteiger partial charge in [-0.3, -0.25) is 0 Å². The Bertz CT molecular complexity index is 285. The Morgan fingerprint density at radius 2 is 2.36 bits per heavy atom. The van der Waals surface area contributed by atoms with Crippen LogP contribution in [0.4, 0.5) is 0 Å². The molecule has 1 unspecified atom stereocenters. The summed E-state index contributed by atoms with van der Waals surface area (Å²) in [7, 11) is 0. The molecule has 0 fully saturated rings. The first-order valence-corrected chi connectivity index (χ1v) is 4.86. The number of rotatable bonds is 4. The molecule has 0 N–H and O–H groups in total. The van der Waals surface area contributed by atoms with Crippen LogP contribution in [0.1, 0.15) is 37.2 Å². The highest BCUT2D eigenvalue weighted by atomic mass is 16.5. The largest absolute Gasteiger partial charge is 0.458 e. The average molecular weight is 193 g/mol. The number of aromatic nitrogens is 1. The third kappa shape index (κ3) is 3.17. The van der Waals surface area contributed by atoms with Gasteiger partial charge in [0.15, 0.2) is 0 Å². The molecule has 0 saturated heterocycles. The Balaban J connectivity index is 2.51. The summed E-state index contributed by atoms with van der Waals surface area (Å²) < 4.78 is 5.18. The molecule has 0 amide bonds. The van der Waals surface area contributed by atoms with Crippen molar-refractivity contribution in [2.45, 2.75) is 32.8 Å². The first-order chi connectivity index (χ1) is 6.74. The maximum absolute atomic E-state index is 11.4. The van der Waals surface area contributed by atoms with Crippen LogP contribution < -0.4 is 0 Å². The standard InChI is InChI=1S/C11H15NO2/c1-3-6-9(2)14-11(13)10-7-4-5-8-12-10/h4-5,7-9H,3,6H2,1-2H3. The average Bonchev–Trinajstić information content (AvgIpc) is 2.19. The quantitative estimate of drug-likeness (QED) is 0.689. The second-order valence-corrected chi connectivity index (χ2v) is 3.22. The second-order valence-electron chi connectivity index (χ2n) is 3.22. The lowest BCUT2D eigenvalue weighted by Gasteiger charge is -2.11. The second kappa shape index (κ2) is 5.37. The molecule has 14 heavy (non-hydrogen) atoms. The lowest BCUT2D eigenvalue weighted by molar-refractivity contribution is 0.0316. The molecule has 0 aliphatic rings. The first-order valence-electron chi connectivity index (χ1n) is 4.86. The van der Waals surface area contributed by atoms with Crippen molar-refractivity contribution in [3.8, 4) is 0 Å². The normalized spacial score (nSPS) is 12.1. The van der Waals surface area contributed by atoms with Gasteiger partial charge in [0.2, 0.25) is 0 Å². The summed E-state index contributed by atoms with van der Waals surface area (Å²) in [6, 6.07) is 5.20. The lowest BCUT2D eigenvalue weighted by atomic mass is 10.2. The zero-order chi connectivity index (χ0) is 10.4. The molecule has 0 aliphatic carbocycles. The molecule has 76 valence electrons. The van der Waals surface area contributed by atoms with Gasteiger partial charge in [-0.25, -0.2) is 9.78 Å². The van der Waals surface area contributed by atoms with Crippen LogP contribution in [0, 0.1) is 0 Å². The molecule has 0 aromatic carbocycles. The fourth-order valence-electron chi connectivity index (χ4n) is 1.19. The molecular formula is C11H15NO2. The zero-order valence-corrected chi connectivity index (χ0v) is 8.56. The minimum absolute atomic E-state index is 0.0329. The van der Waals surface area contributed by atoms with Crippen LogP contribution in [-0.2, 0) is 4.74 Å². The molecule has 3 heteroatoms. The summed E-state index contributed by atoms with van der Waals surface area (Å²) in [4.78, 5) is 15.4. The van der Waals surface area contributed by atoms with E-state index in [0.29, 0.717) is 5.69 Å². The van der Waals surface area contributed by atoms with Gasteiger partial charge in [-0.15, -0.1) is 0 Å². The number of carbonyl (C=O) groups excluding carboxylic acids is 1. The van der Waals surface area contributed by atoms with Gasteiger partial charge < -0.3 is 4.74 Å². The Hall–Kier alpha value is -1.38. The summed E-state index contributed by atoms with van der Waals surface area (Å²) in [5, 5.41) is 0. The van der Waals surface area contributed by atoms with Crippen molar-refractivity contribution in [3.63, 3.8) is 0 Å². The van der Waals surface area contributed by atoms with Gasteiger partial charge in [-0.1, -0.05) is 19.4 Å². The molecular weight excluding hydrogens is 178 g/mol. The van der Waals surface area contributed by atoms with Crippen LogP contribution >= 0.6 is 0 Å². The van der Waals surface area contributed by atoms with Crippen molar-refractivity contribution >= 4 is 5.97 Å². The van der Waals surface area contributed by atoms with E-state index in [0.717, 1.165) is 12.8 Å². The molecule has 0 spiro atoms. The maximum atomic E-state index is 11.4. The predicted molar refractivity (Wildman–Crippen MR) is 54.0 cm³/mol. The van der Waals surface area contributed by atoms with Crippen molar-refractivity contribution in [1.29, 1.82) is 0 Å². The van der Waals surface area contributed by atoms with Gasteiger partial charge in [0.1, 0.15) is 5.69 Å². The van der Waals surface area contributed by atoms with Crippen LogP contribution in [-0.4, -0.2) is 17.1 Å². The van der Waals surface area contributed by atoms with E-state index in [-0.39, 0.29) is 12.1 Å². The predicted octanol–water partition coefficient (Wildman–Crippen LogP) is 2.43. The van der Waals surface area contributed by atoms with Crippen LogP contribution in [0.15, 0.2) is 24.4 Å². The highest BCUT2D eigenvalue weighted by Crippen LogP contribution is 2.05. The number of ether oxygens (including phenoxy) is 1. The van der Waals surface area contributed by atoms with Gasteiger partial charge in [0.25, 0.3) is 0 Å². The number of hydrogen-bond donors (Lipinski definition) is 0. The lowest BCUT2D eigenvalue weighted by Crippen LogP contribution is -2.15. The van der Waals surface area contributed by atoms with E-state index in [9.17, 15) is 4.79 Å². The Morgan fingerprint density at radius 1 is 1.57 bits per heavy atom. The monoisotopic (exact) mass is 193 g/mol. The molecule has 1 aromatic rings. The number of carbonyl (C=O) groups is 1. The van der Waals surface area contributed by atoms with Gasteiger partial charge in [-0.05, 0) is 25.5 Å². The fourth-order valence-corrected chi connectivity index (χ4v) is 1.19. The SMILES string of the molecule is CCCC(C)OC(=O)c1ccccn1. The van der Waals surface area contributed by atoms with Crippen LogP contribution in [0.25, 0.3) is 0 Å². The molecule has 1 rings (SSSR count). The smallest absolute Gasteiger partial charge is 0.357 e. The van der Waals surface area contributed by atoms with Crippen molar-refractivity contribution in [2.24, 2.45) is 0 Å². The third-order valence-electron chi connectivity index (χ3n) is 1.88. The third-order valence-corrected chi connectivity index (χ3v) is 1.88. The highest BCUT2D eigenvalue weighted by molar-refractivity contribution is 5.87. The highest BCUT2D eigenvalue weighted by Gasteiger charge is 2.11. The minimum Gasteiger partial charge on any atom is -0.458 e. The summed E-state index contributed by atoms with van der Waals surface area (Å²) in [6.07, 6.45) is 3.45. The van der Waals surface area contributed by atoms with Crippen LogP contribution in [0.3, 0.4) is 0 Å². The summed E-state index contributed by atoms with van der Waals surface area (Å²) in [6.45, 7) is 3.95. The molecule has 0 aliphatic heterocycles. The molecule has 1 atom stereocenters. The topological polar surface area (TPSA) is 39.2 Å². The van der Waals surface area contributed by atoms with Gasteiger partial charge in [0, 0.05) is 6.20 Å². The van der Waals surface area contributed by atoms with Crippen molar-refractivity contribution in [3.05, 3.63) is 30.1 Å². The Labute approximate surface area is 84.1 Å². The first kappa shape index (κ1) is 10.7. The van der Waals surface area contributed by atoms with Crippen LogP contribution in [0.5, 0.6) is 0 Å². The van der Waals surface area contributed by atoms with Gasteiger partial charge in [0.05, 0.1) is 6.10 Å². The molecule has 0 saturated carbocycles. The summed E-state index contributed by atoms with van der Waals surface area (Å²) >= 11 is 0. The van der Waals surface area contributed by atoms with E-state index in [2.05, 4.69) is 11.9 Å². The van der Waals surface area contributed by atoms with E-state index in [1.54, 1.807) is 24.4 Å². The summed E-state index contributed by atoms with van der Waals surface area (Å²) in [5.41, 5.74) is 0.371. The molecule has 1 heterocycles. The Kier molecular flexibility index (Phi) is 4.11. The van der Waals surface area contributed by atoms with E-state index < -0.39 is 0 Å². The fraction of sp³-hybridized carbons (Fsp3) is 0.455.